The molecule has 0 saturated heterocycles. The Morgan fingerprint density at radius 3 is 3.00 bits per heavy atom. The van der Waals surface area contributed by atoms with E-state index in [0.29, 0.717) is 6.54 Å². The highest BCUT2D eigenvalue weighted by atomic mass is 16.5. The quantitative estimate of drug-likeness (QED) is 0.632. The Kier molecular flexibility index (Phi) is 2.25. The van der Waals surface area contributed by atoms with Crippen LogP contribution in [0, 0.1) is 0 Å². The van der Waals surface area contributed by atoms with Crippen molar-refractivity contribution in [3.8, 4) is 0 Å². The van der Waals surface area contributed by atoms with Gasteiger partial charge in [0.25, 0.3) is 5.91 Å². The lowest BCUT2D eigenvalue weighted by molar-refractivity contribution is 0.0761. The summed E-state index contributed by atoms with van der Waals surface area (Å²) >= 11 is 0. The molecule has 0 unspecified atom stereocenters. The molecule has 0 saturated carbocycles. The van der Waals surface area contributed by atoms with Gasteiger partial charge in [-0.1, -0.05) is 5.16 Å². The second-order valence-electron chi connectivity index (χ2n) is 2.20. The number of rotatable bonds is 2. The first-order valence-electron chi connectivity index (χ1n) is 3.42. The second kappa shape index (κ2) is 3.18. The van der Waals surface area contributed by atoms with Crippen molar-refractivity contribution in [1.82, 2.24) is 10.1 Å². The van der Waals surface area contributed by atoms with Gasteiger partial charge >= 0.3 is 0 Å². The van der Waals surface area contributed by atoms with Gasteiger partial charge in [0.05, 0.1) is 6.20 Å². The van der Waals surface area contributed by atoms with E-state index in [1.807, 2.05) is 6.92 Å². The molecule has 0 aromatic carbocycles. The number of amides is 1. The topological polar surface area (TPSA) is 46.3 Å². The van der Waals surface area contributed by atoms with Crippen molar-refractivity contribution >= 4 is 5.91 Å². The standard InChI is InChI=1S/C7H10N2O2/c1-3-9(2)7(10)6-4-5-8-11-6/h4-5H,3H2,1-2H3. The number of nitrogens with zero attached hydrogens (tertiary/aromatic N) is 2. The summed E-state index contributed by atoms with van der Waals surface area (Å²) in [6, 6.07) is 1.55. The fourth-order valence-corrected chi connectivity index (χ4v) is 0.658. The summed E-state index contributed by atoms with van der Waals surface area (Å²) in [4.78, 5) is 12.8. The number of carbonyl (C=O) groups is 1. The van der Waals surface area contributed by atoms with Gasteiger partial charge in [-0.2, -0.15) is 0 Å². The van der Waals surface area contributed by atoms with Crippen LogP contribution in [0.3, 0.4) is 0 Å². The van der Waals surface area contributed by atoms with Crippen molar-refractivity contribution < 1.29 is 9.32 Å². The predicted molar refractivity (Wildman–Crippen MR) is 39.1 cm³/mol. The average Bonchev–Trinajstić information content (AvgIpc) is 2.53. The van der Waals surface area contributed by atoms with E-state index in [0.717, 1.165) is 0 Å². The van der Waals surface area contributed by atoms with E-state index in [1.54, 1.807) is 18.0 Å². The van der Waals surface area contributed by atoms with Gasteiger partial charge < -0.3 is 9.42 Å². The molecule has 1 rings (SSSR count). The highest BCUT2D eigenvalue weighted by molar-refractivity contribution is 5.90. The van der Waals surface area contributed by atoms with Gasteiger partial charge in [0.2, 0.25) is 5.76 Å². The molecule has 0 aliphatic heterocycles. The summed E-state index contributed by atoms with van der Waals surface area (Å²) in [5.74, 6) is 0.152. The molecular weight excluding hydrogens is 144 g/mol. The minimum absolute atomic E-state index is 0.134. The summed E-state index contributed by atoms with van der Waals surface area (Å²) in [7, 11) is 1.71. The lowest BCUT2D eigenvalue weighted by atomic mass is 10.4. The van der Waals surface area contributed by atoms with E-state index in [9.17, 15) is 4.79 Å². The molecule has 0 spiro atoms. The molecule has 0 aliphatic rings. The minimum Gasteiger partial charge on any atom is -0.351 e. The van der Waals surface area contributed by atoms with E-state index in [2.05, 4.69) is 9.68 Å². The first-order chi connectivity index (χ1) is 5.25. The van der Waals surface area contributed by atoms with Crippen LogP contribution in [-0.2, 0) is 0 Å². The third-order valence-corrected chi connectivity index (χ3v) is 1.47. The molecule has 0 bridgehead atoms. The monoisotopic (exact) mass is 154 g/mol. The van der Waals surface area contributed by atoms with Crippen molar-refractivity contribution in [3.05, 3.63) is 18.0 Å². The van der Waals surface area contributed by atoms with Gasteiger partial charge in [-0.25, -0.2) is 0 Å². The van der Waals surface area contributed by atoms with Gasteiger partial charge in [0.15, 0.2) is 0 Å². The predicted octanol–water partition coefficient (Wildman–Crippen LogP) is 0.766. The molecule has 0 fully saturated rings. The van der Waals surface area contributed by atoms with Crippen LogP contribution < -0.4 is 0 Å². The highest BCUT2D eigenvalue weighted by Crippen LogP contribution is 2.00. The SMILES string of the molecule is CCN(C)C(=O)c1ccno1. The van der Waals surface area contributed by atoms with Crippen molar-refractivity contribution in [2.45, 2.75) is 6.92 Å². The van der Waals surface area contributed by atoms with Gasteiger partial charge in [-0.05, 0) is 6.92 Å². The van der Waals surface area contributed by atoms with E-state index < -0.39 is 0 Å². The molecule has 4 heteroatoms. The van der Waals surface area contributed by atoms with Crippen molar-refractivity contribution in [1.29, 1.82) is 0 Å². The Morgan fingerprint density at radius 2 is 2.55 bits per heavy atom. The van der Waals surface area contributed by atoms with Crippen molar-refractivity contribution in [2.75, 3.05) is 13.6 Å². The molecular formula is C7H10N2O2. The molecule has 0 aliphatic carbocycles. The van der Waals surface area contributed by atoms with Crippen LogP contribution in [0.1, 0.15) is 17.5 Å². The first kappa shape index (κ1) is 7.78. The summed E-state index contributed by atoms with van der Waals surface area (Å²) in [5, 5.41) is 3.44. The molecule has 0 radical (unpaired) electrons. The lowest BCUT2D eigenvalue weighted by Crippen LogP contribution is -2.25. The van der Waals surface area contributed by atoms with Crippen LogP contribution in [0.5, 0.6) is 0 Å². The number of aromatic nitrogens is 1. The summed E-state index contributed by atoms with van der Waals surface area (Å²) in [6.07, 6.45) is 1.46. The molecule has 1 amide bonds. The fourth-order valence-electron chi connectivity index (χ4n) is 0.658. The maximum atomic E-state index is 11.2. The average molecular weight is 154 g/mol. The lowest BCUT2D eigenvalue weighted by Gasteiger charge is -2.10. The highest BCUT2D eigenvalue weighted by Gasteiger charge is 2.12. The molecule has 0 atom stereocenters. The van der Waals surface area contributed by atoms with Gasteiger partial charge in [0.1, 0.15) is 0 Å². The smallest absolute Gasteiger partial charge is 0.292 e. The van der Waals surface area contributed by atoms with Crippen LogP contribution >= 0.6 is 0 Å². The van der Waals surface area contributed by atoms with Crippen LogP contribution in [0.15, 0.2) is 16.8 Å². The Labute approximate surface area is 64.8 Å². The largest absolute Gasteiger partial charge is 0.351 e. The first-order valence-corrected chi connectivity index (χ1v) is 3.42. The third-order valence-electron chi connectivity index (χ3n) is 1.47. The van der Waals surface area contributed by atoms with Crippen molar-refractivity contribution in [2.24, 2.45) is 0 Å². The summed E-state index contributed by atoms with van der Waals surface area (Å²) < 4.78 is 4.68. The van der Waals surface area contributed by atoms with E-state index in [-0.39, 0.29) is 11.7 Å². The zero-order valence-corrected chi connectivity index (χ0v) is 6.57. The maximum absolute atomic E-state index is 11.2. The normalized spacial score (nSPS) is 9.64. The molecule has 1 aromatic heterocycles. The van der Waals surface area contributed by atoms with Crippen LogP contribution in [0.2, 0.25) is 0 Å². The van der Waals surface area contributed by atoms with Gasteiger partial charge in [-0.3, -0.25) is 4.79 Å². The maximum Gasteiger partial charge on any atom is 0.292 e. The Balaban J connectivity index is 2.70. The minimum atomic E-state index is -0.134. The number of carbonyl (C=O) groups excluding carboxylic acids is 1. The van der Waals surface area contributed by atoms with Crippen LogP contribution in [0.4, 0.5) is 0 Å². The second-order valence-corrected chi connectivity index (χ2v) is 2.20. The van der Waals surface area contributed by atoms with Gasteiger partial charge in [0, 0.05) is 19.7 Å². The Morgan fingerprint density at radius 1 is 1.82 bits per heavy atom. The fraction of sp³-hybridized carbons (Fsp3) is 0.429. The summed E-state index contributed by atoms with van der Waals surface area (Å²) in [6.45, 7) is 2.56. The zero-order valence-electron chi connectivity index (χ0n) is 6.57. The van der Waals surface area contributed by atoms with E-state index >= 15 is 0 Å². The Hall–Kier alpha value is -1.32. The van der Waals surface area contributed by atoms with Crippen molar-refractivity contribution in [3.63, 3.8) is 0 Å². The van der Waals surface area contributed by atoms with Crippen LogP contribution in [-0.4, -0.2) is 29.6 Å². The van der Waals surface area contributed by atoms with E-state index in [1.165, 1.54) is 6.20 Å². The zero-order chi connectivity index (χ0) is 8.27. The molecule has 1 heterocycles. The molecule has 11 heavy (non-hydrogen) atoms. The van der Waals surface area contributed by atoms with Gasteiger partial charge in [-0.15, -0.1) is 0 Å². The molecule has 1 aromatic rings. The molecule has 0 N–H and O–H groups in total. The Bertz CT molecular complexity index is 231. The molecule has 4 nitrogen and oxygen atoms in total. The number of hydrogen-bond donors (Lipinski definition) is 0. The molecule has 60 valence electrons. The van der Waals surface area contributed by atoms with Crippen LogP contribution in [0.25, 0.3) is 0 Å². The number of hydrogen-bond acceptors (Lipinski definition) is 3. The third kappa shape index (κ3) is 1.58. The van der Waals surface area contributed by atoms with E-state index in [4.69, 9.17) is 0 Å². The summed E-state index contributed by atoms with van der Waals surface area (Å²) in [5.41, 5.74) is 0.